The van der Waals surface area contributed by atoms with Gasteiger partial charge >= 0.3 is 0 Å². The SMILES string of the molecule is O=C(Nc1ccc(Br)cc1I)c1ccc([N+](=O)[O-])cc1Cl. The summed E-state index contributed by atoms with van der Waals surface area (Å²) in [5, 5.41) is 13.4. The zero-order chi connectivity index (χ0) is 15.6. The van der Waals surface area contributed by atoms with Crippen LogP contribution in [0.3, 0.4) is 0 Å². The molecule has 0 unspecified atom stereocenters. The second kappa shape index (κ2) is 6.71. The van der Waals surface area contributed by atoms with Crippen molar-refractivity contribution in [3.8, 4) is 0 Å². The van der Waals surface area contributed by atoms with Crippen molar-refractivity contribution in [2.45, 2.75) is 0 Å². The molecule has 0 aliphatic carbocycles. The van der Waals surface area contributed by atoms with Crippen LogP contribution in [0.2, 0.25) is 5.02 Å². The Kier molecular flexibility index (Phi) is 5.17. The van der Waals surface area contributed by atoms with Crippen LogP contribution in [0.15, 0.2) is 40.9 Å². The van der Waals surface area contributed by atoms with Gasteiger partial charge < -0.3 is 5.32 Å². The third kappa shape index (κ3) is 3.92. The minimum absolute atomic E-state index is 0.0359. The Hall–Kier alpha value is -1.19. The van der Waals surface area contributed by atoms with Crippen LogP contribution in [-0.4, -0.2) is 10.8 Å². The fraction of sp³-hybridized carbons (Fsp3) is 0. The summed E-state index contributed by atoms with van der Waals surface area (Å²) in [7, 11) is 0. The molecule has 2 aromatic rings. The molecule has 108 valence electrons. The van der Waals surface area contributed by atoms with Gasteiger partial charge in [0.15, 0.2) is 0 Å². The molecule has 8 heteroatoms. The number of benzene rings is 2. The average molecular weight is 481 g/mol. The second-order valence-corrected chi connectivity index (χ2v) is 6.48. The van der Waals surface area contributed by atoms with Crippen molar-refractivity contribution in [1.82, 2.24) is 0 Å². The number of hydrogen-bond donors (Lipinski definition) is 1. The molecule has 0 saturated heterocycles. The topological polar surface area (TPSA) is 72.2 Å². The number of carbonyl (C=O) groups excluding carboxylic acids is 1. The first-order valence-corrected chi connectivity index (χ1v) is 7.84. The summed E-state index contributed by atoms with van der Waals surface area (Å²) in [6.45, 7) is 0. The number of nitrogens with one attached hydrogen (secondary N) is 1. The summed E-state index contributed by atoms with van der Waals surface area (Å²) in [5.41, 5.74) is 0.661. The highest BCUT2D eigenvalue weighted by Crippen LogP contribution is 2.26. The first-order valence-electron chi connectivity index (χ1n) is 5.59. The van der Waals surface area contributed by atoms with Crippen LogP contribution < -0.4 is 5.32 Å². The number of non-ortho nitro benzene ring substituents is 1. The molecule has 0 fully saturated rings. The molecule has 0 radical (unpaired) electrons. The number of nitro groups is 1. The maximum absolute atomic E-state index is 12.2. The summed E-state index contributed by atoms with van der Waals surface area (Å²) in [4.78, 5) is 22.3. The van der Waals surface area contributed by atoms with E-state index in [2.05, 4.69) is 43.8 Å². The molecule has 0 saturated carbocycles. The minimum Gasteiger partial charge on any atom is -0.321 e. The maximum atomic E-state index is 12.2. The van der Waals surface area contributed by atoms with Gasteiger partial charge in [-0.15, -0.1) is 0 Å². The Morgan fingerprint density at radius 2 is 2.00 bits per heavy atom. The molecule has 1 amide bonds. The first-order chi connectivity index (χ1) is 9.88. The molecule has 2 rings (SSSR count). The minimum atomic E-state index is -0.564. The van der Waals surface area contributed by atoms with E-state index >= 15 is 0 Å². The van der Waals surface area contributed by atoms with Gasteiger partial charge in [-0.05, 0) is 46.9 Å². The van der Waals surface area contributed by atoms with Gasteiger partial charge in [0.1, 0.15) is 0 Å². The van der Waals surface area contributed by atoms with Gasteiger partial charge in [0, 0.05) is 20.2 Å². The summed E-state index contributed by atoms with van der Waals surface area (Å²) in [6.07, 6.45) is 0. The number of rotatable bonds is 3. The highest BCUT2D eigenvalue weighted by molar-refractivity contribution is 14.1. The fourth-order valence-corrected chi connectivity index (χ4v) is 3.28. The van der Waals surface area contributed by atoms with Crippen molar-refractivity contribution in [2.24, 2.45) is 0 Å². The van der Waals surface area contributed by atoms with Crippen LogP contribution in [0.1, 0.15) is 10.4 Å². The van der Waals surface area contributed by atoms with E-state index in [9.17, 15) is 14.9 Å². The van der Waals surface area contributed by atoms with E-state index in [-0.39, 0.29) is 16.3 Å². The second-order valence-electron chi connectivity index (χ2n) is 4.00. The number of nitro benzene ring substituents is 1. The van der Waals surface area contributed by atoms with Gasteiger partial charge in [0.05, 0.1) is 21.2 Å². The molecule has 1 N–H and O–H groups in total. The highest BCUT2D eigenvalue weighted by atomic mass is 127. The molecule has 5 nitrogen and oxygen atoms in total. The molecule has 0 atom stereocenters. The molecule has 0 aromatic heterocycles. The quantitative estimate of drug-likeness (QED) is 0.386. The van der Waals surface area contributed by atoms with Crippen LogP contribution in [0.25, 0.3) is 0 Å². The lowest BCUT2D eigenvalue weighted by Crippen LogP contribution is -2.13. The normalized spacial score (nSPS) is 10.2. The number of halogens is 3. The summed E-state index contributed by atoms with van der Waals surface area (Å²) in [6, 6.07) is 9.14. The van der Waals surface area contributed by atoms with E-state index in [1.165, 1.54) is 12.1 Å². The van der Waals surface area contributed by atoms with Gasteiger partial charge in [-0.25, -0.2) is 0 Å². The van der Waals surface area contributed by atoms with Gasteiger partial charge in [-0.1, -0.05) is 27.5 Å². The van der Waals surface area contributed by atoms with Crippen molar-refractivity contribution in [2.75, 3.05) is 5.32 Å². The lowest BCUT2D eigenvalue weighted by Gasteiger charge is -2.09. The van der Waals surface area contributed by atoms with E-state index in [1.807, 2.05) is 6.07 Å². The van der Waals surface area contributed by atoms with E-state index in [0.717, 1.165) is 14.1 Å². The molecule has 0 spiro atoms. The summed E-state index contributed by atoms with van der Waals surface area (Å²) >= 11 is 11.4. The molecule has 0 bridgehead atoms. The summed E-state index contributed by atoms with van der Waals surface area (Å²) in [5.74, 6) is -0.421. The molecule has 0 heterocycles. The average Bonchev–Trinajstić information content (AvgIpc) is 2.41. The van der Waals surface area contributed by atoms with Crippen molar-refractivity contribution >= 4 is 67.4 Å². The predicted octanol–water partition coefficient (Wildman–Crippen LogP) is 4.87. The molecule has 2 aromatic carbocycles. The number of anilines is 1. The molecule has 21 heavy (non-hydrogen) atoms. The number of carbonyl (C=O) groups is 1. The van der Waals surface area contributed by atoms with E-state index in [1.54, 1.807) is 12.1 Å². The van der Waals surface area contributed by atoms with Gasteiger partial charge in [-0.2, -0.15) is 0 Å². The lowest BCUT2D eigenvalue weighted by molar-refractivity contribution is -0.384. The molecular formula is C13H7BrClIN2O3. The number of amides is 1. The highest BCUT2D eigenvalue weighted by Gasteiger charge is 2.15. The lowest BCUT2D eigenvalue weighted by atomic mass is 10.2. The Balaban J connectivity index is 2.26. The molecule has 0 aliphatic rings. The zero-order valence-electron chi connectivity index (χ0n) is 10.3. The monoisotopic (exact) mass is 480 g/mol. The van der Waals surface area contributed by atoms with Crippen LogP contribution in [0, 0.1) is 13.7 Å². The third-order valence-electron chi connectivity index (χ3n) is 2.59. The maximum Gasteiger partial charge on any atom is 0.270 e. The van der Waals surface area contributed by atoms with E-state index in [4.69, 9.17) is 11.6 Å². The fourth-order valence-electron chi connectivity index (χ4n) is 1.58. The number of nitrogens with zero attached hydrogens (tertiary/aromatic N) is 1. The van der Waals surface area contributed by atoms with Crippen molar-refractivity contribution in [3.63, 3.8) is 0 Å². The molecular weight excluding hydrogens is 474 g/mol. The van der Waals surface area contributed by atoms with Crippen molar-refractivity contribution in [3.05, 3.63) is 65.1 Å². The van der Waals surface area contributed by atoms with Crippen molar-refractivity contribution in [1.29, 1.82) is 0 Å². The Bertz CT molecular complexity index is 739. The smallest absolute Gasteiger partial charge is 0.270 e. The summed E-state index contributed by atoms with van der Waals surface area (Å²) < 4.78 is 1.76. The largest absolute Gasteiger partial charge is 0.321 e. The zero-order valence-corrected chi connectivity index (χ0v) is 14.8. The Labute approximate surface area is 147 Å². The van der Waals surface area contributed by atoms with Crippen LogP contribution in [-0.2, 0) is 0 Å². The Morgan fingerprint density at radius 3 is 2.57 bits per heavy atom. The first kappa shape index (κ1) is 16.2. The standard InChI is InChI=1S/C13H7BrClIN2O3/c14-7-1-4-12(11(16)5-7)17-13(19)9-3-2-8(18(20)21)6-10(9)15/h1-6H,(H,17,19). The van der Waals surface area contributed by atoms with Crippen LogP contribution in [0.5, 0.6) is 0 Å². The van der Waals surface area contributed by atoms with Crippen LogP contribution in [0.4, 0.5) is 11.4 Å². The van der Waals surface area contributed by atoms with E-state index < -0.39 is 10.8 Å². The van der Waals surface area contributed by atoms with Crippen LogP contribution >= 0.6 is 50.1 Å². The Morgan fingerprint density at radius 1 is 1.29 bits per heavy atom. The molecule has 0 aliphatic heterocycles. The van der Waals surface area contributed by atoms with Gasteiger partial charge in [0.2, 0.25) is 0 Å². The van der Waals surface area contributed by atoms with Gasteiger partial charge in [-0.3, -0.25) is 14.9 Å². The number of hydrogen-bond acceptors (Lipinski definition) is 3. The van der Waals surface area contributed by atoms with Crippen molar-refractivity contribution < 1.29 is 9.72 Å². The van der Waals surface area contributed by atoms with E-state index in [0.29, 0.717) is 5.69 Å². The third-order valence-corrected chi connectivity index (χ3v) is 4.29. The predicted molar refractivity (Wildman–Crippen MR) is 92.9 cm³/mol. The van der Waals surface area contributed by atoms with Gasteiger partial charge in [0.25, 0.3) is 11.6 Å².